The van der Waals surface area contributed by atoms with Crippen LogP contribution in [0.5, 0.6) is 0 Å². The van der Waals surface area contributed by atoms with Crippen molar-refractivity contribution in [3.63, 3.8) is 0 Å². The van der Waals surface area contributed by atoms with Gasteiger partial charge in [0, 0.05) is 22.4 Å². The molecule has 1 aliphatic heterocycles. The zero-order valence-electron chi connectivity index (χ0n) is 22.1. The highest BCUT2D eigenvalue weighted by atomic mass is 32.2. The van der Waals surface area contributed by atoms with Gasteiger partial charge in [0.1, 0.15) is 35.7 Å². The molecule has 1 aromatic heterocycles. The highest BCUT2D eigenvalue weighted by Gasteiger charge is 2.48. The zero-order chi connectivity index (χ0) is 30.3. The molecule has 10 nitrogen and oxygen atoms in total. The lowest BCUT2D eigenvalue weighted by Gasteiger charge is -2.40. The molecule has 4 rings (SSSR count). The lowest BCUT2D eigenvalue weighted by atomic mass is 9.90. The Morgan fingerprint density at radius 3 is 2.60 bits per heavy atom. The van der Waals surface area contributed by atoms with Crippen LogP contribution in [-0.4, -0.2) is 54.6 Å². The van der Waals surface area contributed by atoms with Crippen LogP contribution < -0.4 is 0 Å². The summed E-state index contributed by atoms with van der Waals surface area (Å²) in [5, 5.41) is 11.6. The highest BCUT2D eigenvalue weighted by molar-refractivity contribution is 8.00. The SMILES string of the molecule is C[C@@H](SC1COC(/C=C/C=C/c2ccc(C#N)cc2F)OC1)[C@@](Cn1cncn1)(OP(=O)(O)O)c1ccc(F)cc1F. The maximum atomic E-state index is 15.1. The summed E-state index contributed by atoms with van der Waals surface area (Å²) in [5.74, 6) is -2.44. The van der Waals surface area contributed by atoms with Crippen molar-refractivity contribution in [3.8, 4) is 6.07 Å². The Kier molecular flexibility index (Phi) is 10.4. The quantitative estimate of drug-likeness (QED) is 0.228. The molecule has 0 radical (unpaired) electrons. The molecule has 0 aliphatic carbocycles. The Hall–Kier alpha value is -3.28. The number of aromatic nitrogens is 3. The van der Waals surface area contributed by atoms with E-state index in [0.29, 0.717) is 11.6 Å². The maximum Gasteiger partial charge on any atom is 0.470 e. The van der Waals surface area contributed by atoms with Gasteiger partial charge in [-0.2, -0.15) is 10.4 Å². The number of phosphoric ester groups is 1. The van der Waals surface area contributed by atoms with E-state index in [0.717, 1.165) is 18.2 Å². The first-order chi connectivity index (χ1) is 20.0. The molecular weight excluding hydrogens is 596 g/mol. The van der Waals surface area contributed by atoms with Crippen molar-refractivity contribution in [2.45, 2.75) is 35.9 Å². The van der Waals surface area contributed by atoms with Crippen LogP contribution in [0.2, 0.25) is 0 Å². The number of benzene rings is 2. The van der Waals surface area contributed by atoms with Crippen LogP contribution in [0.15, 0.2) is 67.3 Å². The van der Waals surface area contributed by atoms with Crippen molar-refractivity contribution < 1.29 is 41.5 Å². The second kappa shape index (κ2) is 13.8. The summed E-state index contributed by atoms with van der Waals surface area (Å²) < 4.78 is 73.1. The summed E-state index contributed by atoms with van der Waals surface area (Å²) in [5.41, 5.74) is -1.75. The first-order valence-electron chi connectivity index (χ1n) is 12.5. The molecule has 0 bridgehead atoms. The number of rotatable bonds is 11. The monoisotopic (exact) mass is 622 g/mol. The van der Waals surface area contributed by atoms with Gasteiger partial charge in [0.25, 0.3) is 0 Å². The fraction of sp³-hybridized carbons (Fsp3) is 0.296. The van der Waals surface area contributed by atoms with E-state index in [1.54, 1.807) is 25.2 Å². The predicted octanol–water partition coefficient (Wildman–Crippen LogP) is 4.70. The number of hydrogen-bond donors (Lipinski definition) is 2. The van der Waals surface area contributed by atoms with Crippen LogP contribution in [0.4, 0.5) is 13.2 Å². The summed E-state index contributed by atoms with van der Waals surface area (Å²) >= 11 is 1.19. The van der Waals surface area contributed by atoms with Crippen LogP contribution >= 0.6 is 19.6 Å². The second-order valence-electron chi connectivity index (χ2n) is 9.22. The lowest BCUT2D eigenvalue weighted by Crippen LogP contribution is -2.45. The van der Waals surface area contributed by atoms with Crippen molar-refractivity contribution in [2.24, 2.45) is 0 Å². The van der Waals surface area contributed by atoms with E-state index < -0.39 is 42.4 Å². The van der Waals surface area contributed by atoms with Crippen molar-refractivity contribution in [1.82, 2.24) is 14.8 Å². The van der Waals surface area contributed by atoms with Gasteiger partial charge in [0.2, 0.25) is 0 Å². The van der Waals surface area contributed by atoms with Crippen molar-refractivity contribution in [1.29, 1.82) is 5.26 Å². The van der Waals surface area contributed by atoms with Gasteiger partial charge in [-0.15, -0.1) is 11.8 Å². The number of nitriles is 1. The van der Waals surface area contributed by atoms with E-state index in [9.17, 15) is 23.1 Å². The summed E-state index contributed by atoms with van der Waals surface area (Å²) in [4.78, 5) is 23.5. The van der Waals surface area contributed by atoms with Crippen molar-refractivity contribution >= 4 is 25.7 Å². The van der Waals surface area contributed by atoms with Gasteiger partial charge in [-0.25, -0.2) is 27.4 Å². The molecule has 0 saturated carbocycles. The Morgan fingerprint density at radius 2 is 1.98 bits per heavy atom. The minimum atomic E-state index is -5.22. The first-order valence-corrected chi connectivity index (χ1v) is 14.9. The van der Waals surface area contributed by atoms with Crippen molar-refractivity contribution in [3.05, 3.63) is 101 Å². The van der Waals surface area contributed by atoms with Crippen molar-refractivity contribution in [2.75, 3.05) is 13.2 Å². The average Bonchev–Trinajstić information content (AvgIpc) is 3.44. The van der Waals surface area contributed by atoms with E-state index in [-0.39, 0.29) is 36.1 Å². The molecule has 1 fully saturated rings. The van der Waals surface area contributed by atoms with Crippen LogP contribution in [0, 0.1) is 28.8 Å². The Labute approximate surface area is 243 Å². The number of ether oxygens (including phenoxy) is 2. The molecular formula is C27H26F3N4O6PS. The van der Waals surface area contributed by atoms with Gasteiger partial charge in [0.05, 0.1) is 36.6 Å². The average molecular weight is 623 g/mol. The lowest BCUT2D eigenvalue weighted by molar-refractivity contribution is -0.146. The Morgan fingerprint density at radius 1 is 1.21 bits per heavy atom. The van der Waals surface area contributed by atoms with E-state index in [1.807, 2.05) is 6.07 Å². The van der Waals surface area contributed by atoms with E-state index >= 15 is 4.39 Å². The van der Waals surface area contributed by atoms with Gasteiger partial charge in [-0.05, 0) is 24.3 Å². The fourth-order valence-corrected chi connectivity index (χ4v) is 6.49. The number of thioether (sulfide) groups is 1. The third kappa shape index (κ3) is 8.17. The van der Waals surface area contributed by atoms with Crippen LogP contribution in [-0.2, 0) is 30.7 Å². The van der Waals surface area contributed by atoms with Crippen LogP contribution in [0.1, 0.15) is 23.6 Å². The summed E-state index contributed by atoms with van der Waals surface area (Å²) in [7, 11) is -5.22. The molecule has 15 heteroatoms. The minimum absolute atomic E-state index is 0.166. The largest absolute Gasteiger partial charge is 0.470 e. The van der Waals surface area contributed by atoms with Gasteiger partial charge in [-0.3, -0.25) is 4.52 Å². The molecule has 42 heavy (non-hydrogen) atoms. The standard InChI is InChI=1S/C27H26F3N4O6PS/c1-18(27(40-41(35,36)37,15-34-17-32-16-33-34)23-9-8-21(28)11-25(23)30)42-22-13-38-26(39-14-22)5-3-2-4-20-7-6-19(12-31)10-24(20)29/h2-11,16-18,22,26H,13-15H2,1H3,(H2,35,36,37)/b4-2+,5-3+/t18-,22?,26?,27-/m1/s1. The van der Waals surface area contributed by atoms with Gasteiger partial charge >= 0.3 is 7.82 Å². The molecule has 2 aromatic carbocycles. The molecule has 222 valence electrons. The van der Waals surface area contributed by atoms with Gasteiger partial charge in [0.15, 0.2) is 6.29 Å². The van der Waals surface area contributed by atoms with Crippen LogP contribution in [0.3, 0.4) is 0 Å². The summed E-state index contributed by atoms with van der Waals surface area (Å²) in [6.07, 6.45) is 8.12. The molecule has 3 aromatic rings. The van der Waals surface area contributed by atoms with E-state index in [4.69, 9.17) is 19.3 Å². The molecule has 2 N–H and O–H groups in total. The number of nitrogens with zero attached hydrogens (tertiary/aromatic N) is 4. The molecule has 2 heterocycles. The normalized spacial score (nSPS) is 20.0. The minimum Gasteiger partial charge on any atom is -0.348 e. The third-order valence-electron chi connectivity index (χ3n) is 6.26. The van der Waals surface area contributed by atoms with Gasteiger partial charge < -0.3 is 19.3 Å². The Balaban J connectivity index is 1.46. The second-order valence-corrected chi connectivity index (χ2v) is 12.0. The van der Waals surface area contributed by atoms with Crippen LogP contribution in [0.25, 0.3) is 6.08 Å². The molecule has 1 aliphatic rings. The van der Waals surface area contributed by atoms with E-state index in [1.165, 1.54) is 47.3 Å². The third-order valence-corrected chi connectivity index (χ3v) is 8.27. The molecule has 0 amide bonds. The molecule has 2 atom stereocenters. The van der Waals surface area contributed by atoms with Gasteiger partial charge in [-0.1, -0.05) is 37.3 Å². The topological polar surface area (TPSA) is 140 Å². The maximum absolute atomic E-state index is 15.1. The smallest absolute Gasteiger partial charge is 0.348 e. The molecule has 1 saturated heterocycles. The highest BCUT2D eigenvalue weighted by Crippen LogP contribution is 2.51. The summed E-state index contributed by atoms with van der Waals surface area (Å²) in [6.45, 7) is 1.58. The molecule has 0 unspecified atom stereocenters. The predicted molar refractivity (Wildman–Crippen MR) is 147 cm³/mol. The molecule has 0 spiro atoms. The summed E-state index contributed by atoms with van der Waals surface area (Å²) in [6, 6.07) is 8.68. The number of hydrogen-bond acceptors (Lipinski definition) is 8. The Bertz CT molecular complexity index is 1520. The zero-order valence-corrected chi connectivity index (χ0v) is 23.8. The number of allylic oxidation sites excluding steroid dienone is 2. The van der Waals surface area contributed by atoms with E-state index in [2.05, 4.69) is 10.1 Å². The first kappa shape index (κ1) is 31.7. The fourth-order valence-electron chi connectivity index (χ4n) is 4.32. The number of halogens is 3. The number of phosphoric acid groups is 1.